The molecule has 198 valence electrons. The highest BCUT2D eigenvalue weighted by molar-refractivity contribution is 8.05. The topological polar surface area (TPSA) is 112 Å². The number of thioether (sulfide) groups is 1. The molecule has 2 atom stereocenters. The monoisotopic (exact) mass is 534 g/mol. The van der Waals surface area contributed by atoms with E-state index in [2.05, 4.69) is 10.6 Å². The third kappa shape index (κ3) is 7.63. The van der Waals surface area contributed by atoms with E-state index in [9.17, 15) is 28.0 Å². The fourth-order valence-electron chi connectivity index (χ4n) is 4.41. The summed E-state index contributed by atoms with van der Waals surface area (Å²) in [6, 6.07) is 11.2. The number of likely N-dealkylation sites (N-methyl/N-ethyl adjacent to an activating group) is 1. The zero-order valence-corrected chi connectivity index (χ0v) is 21.2. The number of nitrogens with one attached hydrogen (secondary N) is 2. The van der Waals surface area contributed by atoms with Crippen LogP contribution in [-0.2, 0) is 16.1 Å². The Labute approximate surface area is 218 Å². The van der Waals surface area contributed by atoms with Crippen molar-refractivity contribution in [2.24, 2.45) is 11.8 Å². The first kappa shape index (κ1) is 28.4. The van der Waals surface area contributed by atoms with Crippen LogP contribution >= 0.6 is 11.8 Å². The van der Waals surface area contributed by atoms with Crippen LogP contribution in [0.15, 0.2) is 35.4 Å². The molecule has 0 aliphatic carbocycles. The minimum atomic E-state index is -4.13. The summed E-state index contributed by atoms with van der Waals surface area (Å²) in [5, 5.41) is 23.2. The van der Waals surface area contributed by atoms with Crippen molar-refractivity contribution >= 4 is 29.3 Å². The molecule has 1 aromatic carbocycles. The molecule has 2 heterocycles. The van der Waals surface area contributed by atoms with Gasteiger partial charge in [0.1, 0.15) is 12.5 Å². The average Bonchev–Trinajstić information content (AvgIpc) is 3.18. The van der Waals surface area contributed by atoms with Crippen molar-refractivity contribution in [3.63, 3.8) is 0 Å². The van der Waals surface area contributed by atoms with Crippen LogP contribution in [0.4, 0.5) is 18.9 Å². The van der Waals surface area contributed by atoms with Crippen LogP contribution in [0.5, 0.6) is 0 Å². The molecule has 0 spiro atoms. The molecular weight excluding hydrogens is 505 g/mol. The predicted octanol–water partition coefficient (Wildman–Crippen LogP) is 3.81. The lowest BCUT2D eigenvalue weighted by molar-refractivity contribution is -0.185. The minimum absolute atomic E-state index is 0.106. The number of amides is 2. The molecule has 1 aromatic rings. The van der Waals surface area contributed by atoms with Gasteiger partial charge < -0.3 is 15.5 Å². The fourth-order valence-corrected chi connectivity index (χ4v) is 5.70. The van der Waals surface area contributed by atoms with Gasteiger partial charge in [-0.25, -0.2) is 0 Å². The highest BCUT2D eigenvalue weighted by Gasteiger charge is 2.41. The first-order chi connectivity index (χ1) is 17.7. The van der Waals surface area contributed by atoms with Gasteiger partial charge in [0.05, 0.1) is 28.3 Å². The number of hydrogen-bond donors (Lipinski definition) is 2. The summed E-state index contributed by atoms with van der Waals surface area (Å²) >= 11 is 1.27. The number of halogens is 3. The van der Waals surface area contributed by atoms with Crippen LogP contribution in [0.1, 0.15) is 31.7 Å². The summed E-state index contributed by atoms with van der Waals surface area (Å²) < 4.78 is 38.8. The number of hydrogen-bond acceptors (Lipinski definition) is 7. The molecule has 2 amide bonds. The van der Waals surface area contributed by atoms with E-state index in [4.69, 9.17) is 5.26 Å². The quantitative estimate of drug-likeness (QED) is 0.366. The number of anilines is 1. The average molecular weight is 535 g/mol. The van der Waals surface area contributed by atoms with Gasteiger partial charge in [0, 0.05) is 31.4 Å². The molecule has 2 fully saturated rings. The van der Waals surface area contributed by atoms with Crippen molar-refractivity contribution in [1.82, 2.24) is 15.1 Å². The molecule has 2 saturated heterocycles. The third-order valence-corrected chi connectivity index (χ3v) is 7.69. The smallest absolute Gasteiger partial charge is 0.360 e. The van der Waals surface area contributed by atoms with Gasteiger partial charge in [-0.1, -0.05) is 23.9 Å². The van der Waals surface area contributed by atoms with Crippen molar-refractivity contribution in [3.8, 4) is 12.1 Å². The van der Waals surface area contributed by atoms with Crippen LogP contribution in [0.3, 0.4) is 0 Å². The molecule has 2 unspecified atom stereocenters. The van der Waals surface area contributed by atoms with E-state index in [-0.39, 0.29) is 31.7 Å². The Morgan fingerprint density at radius 2 is 2.03 bits per heavy atom. The minimum Gasteiger partial charge on any atom is -0.360 e. The molecule has 0 aromatic heterocycles. The van der Waals surface area contributed by atoms with Crippen LogP contribution in [0, 0.1) is 34.5 Å². The SMILES string of the molecule is CCN1C(=O)/C(=C\Nc2cccc(CN3CCC(C(F)(F)F)CC3)c2)SC1CC(C#N)C(=O)NCC#N. The zero-order chi connectivity index (χ0) is 27.0. The van der Waals surface area contributed by atoms with E-state index in [0.717, 1.165) is 11.3 Å². The number of piperidine rings is 1. The predicted molar refractivity (Wildman–Crippen MR) is 133 cm³/mol. The molecule has 0 radical (unpaired) electrons. The molecule has 2 aliphatic heterocycles. The Morgan fingerprint density at radius 3 is 2.65 bits per heavy atom. The van der Waals surface area contributed by atoms with E-state index >= 15 is 0 Å². The Kier molecular flexibility index (Phi) is 9.84. The normalized spacial score (nSPS) is 20.9. The number of alkyl halides is 3. The van der Waals surface area contributed by atoms with Crippen LogP contribution in [0.25, 0.3) is 0 Å². The number of nitrogens with zero attached hydrogens (tertiary/aromatic N) is 4. The van der Waals surface area contributed by atoms with E-state index in [0.29, 0.717) is 31.1 Å². The van der Waals surface area contributed by atoms with Gasteiger partial charge >= 0.3 is 6.18 Å². The zero-order valence-electron chi connectivity index (χ0n) is 20.4. The van der Waals surface area contributed by atoms with Gasteiger partial charge in [0.15, 0.2) is 0 Å². The Hall–Kier alpha value is -3.22. The summed E-state index contributed by atoms with van der Waals surface area (Å²) in [6.07, 6.45) is -2.19. The Balaban J connectivity index is 1.60. The maximum absolute atomic E-state index is 12.9. The van der Waals surface area contributed by atoms with Crippen molar-refractivity contribution in [1.29, 1.82) is 10.5 Å². The number of nitriles is 2. The van der Waals surface area contributed by atoms with E-state index in [1.165, 1.54) is 11.8 Å². The van der Waals surface area contributed by atoms with Gasteiger partial charge in [-0.05, 0) is 50.6 Å². The van der Waals surface area contributed by atoms with Gasteiger partial charge in [-0.3, -0.25) is 14.5 Å². The highest BCUT2D eigenvalue weighted by atomic mass is 32.2. The molecule has 37 heavy (non-hydrogen) atoms. The molecule has 0 saturated carbocycles. The molecular formula is C25H29F3N6O2S. The Bertz CT molecular complexity index is 1090. The maximum Gasteiger partial charge on any atom is 0.391 e. The standard InChI is InChI=1S/C25H29F3N6O2S/c1-2-34-22(13-18(14-30)23(35)31-9-8-29)37-21(24(34)36)15-32-20-5-3-4-17(12-20)16-33-10-6-19(7-11-33)25(26,27)28/h3-5,12,15,18-19,22,32H,2,6-7,9-11,13,16H2,1H3,(H,31,35)/b21-15+. The van der Waals surface area contributed by atoms with Crippen LogP contribution in [0.2, 0.25) is 0 Å². The molecule has 2 aliphatic rings. The second-order valence-corrected chi connectivity index (χ2v) is 10.1. The number of rotatable bonds is 9. The summed E-state index contributed by atoms with van der Waals surface area (Å²) in [4.78, 5) is 29.1. The lowest BCUT2D eigenvalue weighted by Crippen LogP contribution is -2.38. The molecule has 3 rings (SSSR count). The summed E-state index contributed by atoms with van der Waals surface area (Å²) in [7, 11) is 0. The second kappa shape index (κ2) is 12.8. The first-order valence-corrected chi connectivity index (χ1v) is 12.9. The molecule has 2 N–H and O–H groups in total. The van der Waals surface area contributed by atoms with E-state index < -0.39 is 29.3 Å². The van der Waals surface area contributed by atoms with Gasteiger partial charge in [0.25, 0.3) is 5.91 Å². The van der Waals surface area contributed by atoms with Crippen LogP contribution < -0.4 is 10.6 Å². The van der Waals surface area contributed by atoms with Gasteiger partial charge in [-0.15, -0.1) is 0 Å². The van der Waals surface area contributed by atoms with E-state index in [1.807, 2.05) is 42.2 Å². The Morgan fingerprint density at radius 1 is 1.30 bits per heavy atom. The third-order valence-electron chi connectivity index (χ3n) is 6.43. The lowest BCUT2D eigenvalue weighted by Gasteiger charge is -2.32. The van der Waals surface area contributed by atoms with Crippen LogP contribution in [-0.4, -0.2) is 59.3 Å². The van der Waals surface area contributed by atoms with Gasteiger partial charge in [0.2, 0.25) is 5.91 Å². The number of carbonyl (C=O) groups excluding carboxylic acids is 2. The molecule has 0 bridgehead atoms. The van der Waals surface area contributed by atoms with Crippen molar-refractivity contribution in [2.75, 3.05) is 31.5 Å². The van der Waals surface area contributed by atoms with Crippen molar-refractivity contribution in [2.45, 2.75) is 44.3 Å². The largest absolute Gasteiger partial charge is 0.391 e. The number of benzene rings is 1. The molecule has 12 heteroatoms. The fraction of sp³-hybridized carbons (Fsp3) is 0.520. The number of carbonyl (C=O) groups is 2. The summed E-state index contributed by atoms with van der Waals surface area (Å²) in [6.45, 7) is 3.36. The molecule has 8 nitrogen and oxygen atoms in total. The van der Waals surface area contributed by atoms with E-state index in [1.54, 1.807) is 17.2 Å². The first-order valence-electron chi connectivity index (χ1n) is 12.0. The summed E-state index contributed by atoms with van der Waals surface area (Å²) in [5.41, 5.74) is 1.69. The maximum atomic E-state index is 12.9. The highest BCUT2D eigenvalue weighted by Crippen LogP contribution is 2.38. The van der Waals surface area contributed by atoms with Crippen molar-refractivity contribution < 1.29 is 22.8 Å². The van der Waals surface area contributed by atoms with Crippen molar-refractivity contribution in [3.05, 3.63) is 40.9 Å². The number of likely N-dealkylation sites (tertiary alicyclic amines) is 1. The second-order valence-electron chi connectivity index (χ2n) is 8.90. The summed E-state index contributed by atoms with van der Waals surface area (Å²) in [5.74, 6) is -2.96. The van der Waals surface area contributed by atoms with Gasteiger partial charge in [-0.2, -0.15) is 23.7 Å². The lowest BCUT2D eigenvalue weighted by atomic mass is 9.96.